The molecule has 104 valence electrons. The summed E-state index contributed by atoms with van der Waals surface area (Å²) in [6.07, 6.45) is 5.18. The summed E-state index contributed by atoms with van der Waals surface area (Å²) in [6.45, 7) is 2.83. The molecule has 1 amide bonds. The molecule has 1 N–H and O–H groups in total. The third-order valence-electron chi connectivity index (χ3n) is 3.54. The van der Waals surface area contributed by atoms with Crippen molar-refractivity contribution in [3.63, 3.8) is 0 Å². The van der Waals surface area contributed by atoms with E-state index in [4.69, 9.17) is 9.52 Å². The Morgan fingerprint density at radius 2 is 2.11 bits per heavy atom. The first-order valence-corrected chi connectivity index (χ1v) is 6.77. The Bertz CT molecular complexity index is 464. The third-order valence-corrected chi connectivity index (χ3v) is 3.54. The number of hydrogen-bond donors (Lipinski definition) is 1. The van der Waals surface area contributed by atoms with Crippen LogP contribution in [-0.4, -0.2) is 34.5 Å². The van der Waals surface area contributed by atoms with Crippen molar-refractivity contribution in [1.29, 1.82) is 0 Å². The van der Waals surface area contributed by atoms with Crippen LogP contribution in [0.1, 0.15) is 60.1 Å². The maximum absolute atomic E-state index is 12.4. The number of amides is 1. The SMILES string of the molecule is CCCC1CCCCN1C(=O)c1ccc(C(=O)O)o1. The summed E-state index contributed by atoms with van der Waals surface area (Å²) in [6, 6.07) is 3.03. The maximum Gasteiger partial charge on any atom is 0.371 e. The van der Waals surface area contributed by atoms with Gasteiger partial charge in [-0.3, -0.25) is 4.79 Å². The second kappa shape index (κ2) is 5.91. The number of nitrogens with zero attached hydrogens (tertiary/aromatic N) is 1. The second-order valence-corrected chi connectivity index (χ2v) is 4.91. The molecular weight excluding hydrogens is 246 g/mol. The van der Waals surface area contributed by atoms with Crippen molar-refractivity contribution in [3.05, 3.63) is 23.7 Å². The minimum Gasteiger partial charge on any atom is -0.475 e. The van der Waals surface area contributed by atoms with Crippen molar-refractivity contribution >= 4 is 11.9 Å². The number of likely N-dealkylation sites (tertiary alicyclic amines) is 1. The van der Waals surface area contributed by atoms with Crippen LogP contribution in [0.4, 0.5) is 0 Å². The largest absolute Gasteiger partial charge is 0.475 e. The molecule has 1 atom stereocenters. The van der Waals surface area contributed by atoms with E-state index >= 15 is 0 Å². The van der Waals surface area contributed by atoms with Gasteiger partial charge in [-0.2, -0.15) is 0 Å². The van der Waals surface area contributed by atoms with Crippen molar-refractivity contribution in [3.8, 4) is 0 Å². The predicted molar refractivity (Wildman–Crippen MR) is 69.3 cm³/mol. The van der Waals surface area contributed by atoms with Gasteiger partial charge in [-0.15, -0.1) is 0 Å². The lowest BCUT2D eigenvalue weighted by atomic mass is 9.98. The van der Waals surface area contributed by atoms with Gasteiger partial charge in [0.1, 0.15) is 0 Å². The van der Waals surface area contributed by atoms with Crippen LogP contribution in [0.5, 0.6) is 0 Å². The van der Waals surface area contributed by atoms with E-state index in [9.17, 15) is 9.59 Å². The van der Waals surface area contributed by atoms with Gasteiger partial charge in [0.05, 0.1) is 0 Å². The maximum atomic E-state index is 12.4. The molecule has 2 rings (SSSR count). The van der Waals surface area contributed by atoms with Crippen LogP contribution in [0.25, 0.3) is 0 Å². The molecule has 1 aromatic rings. The molecule has 1 aliphatic heterocycles. The zero-order valence-electron chi connectivity index (χ0n) is 11.1. The van der Waals surface area contributed by atoms with E-state index in [0.29, 0.717) is 0 Å². The number of piperidine rings is 1. The Morgan fingerprint density at radius 3 is 2.74 bits per heavy atom. The van der Waals surface area contributed by atoms with Gasteiger partial charge in [-0.05, 0) is 37.8 Å². The highest BCUT2D eigenvalue weighted by Gasteiger charge is 2.28. The van der Waals surface area contributed by atoms with Crippen molar-refractivity contribution in [2.75, 3.05) is 6.54 Å². The number of furan rings is 1. The lowest BCUT2D eigenvalue weighted by molar-refractivity contribution is 0.0559. The molecule has 19 heavy (non-hydrogen) atoms. The van der Waals surface area contributed by atoms with Gasteiger partial charge < -0.3 is 14.4 Å². The summed E-state index contributed by atoms with van der Waals surface area (Å²) in [5.41, 5.74) is 0. The molecule has 0 spiro atoms. The highest BCUT2D eigenvalue weighted by Crippen LogP contribution is 2.23. The van der Waals surface area contributed by atoms with Gasteiger partial charge in [0.15, 0.2) is 5.76 Å². The summed E-state index contributed by atoms with van der Waals surface area (Å²) in [4.78, 5) is 25.0. The van der Waals surface area contributed by atoms with E-state index in [1.807, 2.05) is 4.90 Å². The zero-order valence-corrected chi connectivity index (χ0v) is 11.1. The Labute approximate surface area is 112 Å². The van der Waals surface area contributed by atoms with Gasteiger partial charge in [0.2, 0.25) is 5.76 Å². The van der Waals surface area contributed by atoms with Crippen molar-refractivity contribution in [1.82, 2.24) is 4.90 Å². The van der Waals surface area contributed by atoms with Crippen molar-refractivity contribution in [2.24, 2.45) is 0 Å². The van der Waals surface area contributed by atoms with Gasteiger partial charge >= 0.3 is 5.97 Å². The fourth-order valence-corrected chi connectivity index (χ4v) is 2.61. The van der Waals surface area contributed by atoms with Crippen LogP contribution in [0.3, 0.4) is 0 Å². The number of hydrogen-bond acceptors (Lipinski definition) is 3. The van der Waals surface area contributed by atoms with Crippen LogP contribution in [0.15, 0.2) is 16.5 Å². The van der Waals surface area contributed by atoms with Crippen LogP contribution in [0.2, 0.25) is 0 Å². The summed E-state index contributed by atoms with van der Waals surface area (Å²) in [5, 5.41) is 8.81. The number of carbonyl (C=O) groups excluding carboxylic acids is 1. The Hall–Kier alpha value is -1.78. The molecule has 0 aromatic carbocycles. The number of aromatic carboxylic acids is 1. The van der Waals surface area contributed by atoms with Crippen LogP contribution in [-0.2, 0) is 0 Å². The summed E-state index contributed by atoms with van der Waals surface area (Å²) in [7, 11) is 0. The van der Waals surface area contributed by atoms with Crippen LogP contribution in [0, 0.1) is 0 Å². The monoisotopic (exact) mass is 265 g/mol. The Balaban J connectivity index is 2.13. The first kappa shape index (κ1) is 13.6. The minimum atomic E-state index is -1.15. The van der Waals surface area contributed by atoms with Gasteiger partial charge in [0, 0.05) is 12.6 Å². The molecule has 0 aliphatic carbocycles. The molecule has 2 heterocycles. The first-order valence-electron chi connectivity index (χ1n) is 6.77. The average molecular weight is 265 g/mol. The van der Waals surface area contributed by atoms with Crippen molar-refractivity contribution < 1.29 is 19.1 Å². The normalized spacial score (nSPS) is 19.4. The molecule has 0 saturated carbocycles. The van der Waals surface area contributed by atoms with E-state index in [2.05, 4.69) is 6.92 Å². The Morgan fingerprint density at radius 1 is 1.37 bits per heavy atom. The lowest BCUT2D eigenvalue weighted by Gasteiger charge is -2.35. The molecule has 1 unspecified atom stereocenters. The standard InChI is InChI=1S/C14H19NO4/c1-2-5-10-6-3-4-9-15(10)13(16)11-7-8-12(19-11)14(17)18/h7-8,10H,2-6,9H2,1H3,(H,17,18). The van der Waals surface area contributed by atoms with Gasteiger partial charge in [0.25, 0.3) is 5.91 Å². The highest BCUT2D eigenvalue weighted by molar-refractivity contribution is 5.93. The second-order valence-electron chi connectivity index (χ2n) is 4.91. The zero-order chi connectivity index (χ0) is 13.8. The highest BCUT2D eigenvalue weighted by atomic mass is 16.4. The molecule has 1 fully saturated rings. The molecule has 1 aromatic heterocycles. The number of rotatable bonds is 4. The molecule has 1 aliphatic rings. The quantitative estimate of drug-likeness (QED) is 0.908. The smallest absolute Gasteiger partial charge is 0.371 e. The first-order chi connectivity index (χ1) is 9.13. The predicted octanol–water partition coefficient (Wildman–Crippen LogP) is 2.77. The summed E-state index contributed by atoms with van der Waals surface area (Å²) in [5.74, 6) is -1.40. The Kier molecular flexibility index (Phi) is 4.24. The van der Waals surface area contributed by atoms with Crippen LogP contribution >= 0.6 is 0 Å². The molecule has 5 nitrogen and oxygen atoms in total. The lowest BCUT2D eigenvalue weighted by Crippen LogP contribution is -2.43. The number of carbonyl (C=O) groups is 2. The molecular formula is C14H19NO4. The molecule has 0 radical (unpaired) electrons. The fourth-order valence-electron chi connectivity index (χ4n) is 2.61. The molecule has 0 bridgehead atoms. The topological polar surface area (TPSA) is 70.8 Å². The number of carboxylic acid groups (broad SMARTS) is 1. The van der Waals surface area contributed by atoms with E-state index in [1.54, 1.807) is 0 Å². The van der Waals surface area contributed by atoms with E-state index in [1.165, 1.54) is 12.1 Å². The number of carboxylic acids is 1. The minimum absolute atomic E-state index is 0.125. The van der Waals surface area contributed by atoms with E-state index < -0.39 is 5.97 Å². The van der Waals surface area contributed by atoms with Gasteiger partial charge in [-0.25, -0.2) is 4.79 Å². The summed E-state index contributed by atoms with van der Waals surface area (Å²) < 4.78 is 5.10. The third kappa shape index (κ3) is 2.97. The van der Waals surface area contributed by atoms with Crippen LogP contribution < -0.4 is 0 Å². The molecule has 1 saturated heterocycles. The average Bonchev–Trinajstić information content (AvgIpc) is 2.89. The summed E-state index contributed by atoms with van der Waals surface area (Å²) >= 11 is 0. The van der Waals surface area contributed by atoms with Crippen molar-refractivity contribution in [2.45, 2.75) is 45.1 Å². The van der Waals surface area contributed by atoms with E-state index in [0.717, 1.165) is 38.6 Å². The fraction of sp³-hybridized carbons (Fsp3) is 0.571. The van der Waals surface area contributed by atoms with Gasteiger partial charge in [-0.1, -0.05) is 13.3 Å². The molecule has 5 heteroatoms. The van der Waals surface area contributed by atoms with E-state index in [-0.39, 0.29) is 23.5 Å².